The van der Waals surface area contributed by atoms with Crippen molar-refractivity contribution in [2.75, 3.05) is 0 Å². The van der Waals surface area contributed by atoms with Crippen LogP contribution in [0.5, 0.6) is 0 Å². The summed E-state index contributed by atoms with van der Waals surface area (Å²) in [5.41, 5.74) is 18.2. The van der Waals surface area contributed by atoms with Crippen LogP contribution in [0.15, 0.2) is 180 Å². The molecule has 1 aromatic heterocycles. The van der Waals surface area contributed by atoms with Crippen molar-refractivity contribution in [2.24, 2.45) is 5.92 Å². The largest absolute Gasteiger partial charge is 0.456 e. The Morgan fingerprint density at radius 3 is 1.89 bits per heavy atom. The lowest BCUT2D eigenvalue weighted by atomic mass is 9.70. The summed E-state index contributed by atoms with van der Waals surface area (Å²) < 4.78 is 6.17. The summed E-state index contributed by atoms with van der Waals surface area (Å²) in [6, 6.07) is 58.6. The van der Waals surface area contributed by atoms with Crippen molar-refractivity contribution in [3.05, 3.63) is 187 Å². The van der Waals surface area contributed by atoms with E-state index in [-0.39, 0.29) is 0 Å². The Kier molecular flexibility index (Phi) is 7.14. The highest BCUT2D eigenvalue weighted by molar-refractivity contribution is 6.22. The molecule has 0 spiro atoms. The summed E-state index contributed by atoms with van der Waals surface area (Å²) in [5, 5.41) is 7.39. The number of hydrogen-bond donors (Lipinski definition) is 0. The number of hydrogen-bond acceptors (Lipinski definition) is 1. The molecule has 1 nitrogen and oxygen atoms in total. The summed E-state index contributed by atoms with van der Waals surface area (Å²) in [5.74, 6) is 1.41. The Balaban J connectivity index is 1.04. The van der Waals surface area contributed by atoms with Crippen LogP contribution in [-0.2, 0) is 0 Å². The van der Waals surface area contributed by atoms with Gasteiger partial charge in [-0.25, -0.2) is 0 Å². The predicted molar refractivity (Wildman–Crippen MR) is 236 cm³/mol. The van der Waals surface area contributed by atoms with Crippen molar-refractivity contribution in [2.45, 2.75) is 38.0 Å². The van der Waals surface area contributed by atoms with Crippen LogP contribution in [-0.4, -0.2) is 0 Å². The van der Waals surface area contributed by atoms with E-state index in [1.807, 2.05) is 12.1 Å². The van der Waals surface area contributed by atoms with Gasteiger partial charge in [-0.3, -0.25) is 0 Å². The summed E-state index contributed by atoms with van der Waals surface area (Å²) in [6.45, 7) is 0. The minimum Gasteiger partial charge on any atom is -0.456 e. The maximum absolute atomic E-state index is 6.17. The molecule has 0 N–H and O–H groups in total. The van der Waals surface area contributed by atoms with Crippen LogP contribution in [0.2, 0.25) is 0 Å². The molecule has 0 radical (unpaired) electrons. The van der Waals surface area contributed by atoms with Crippen molar-refractivity contribution < 1.29 is 4.42 Å². The van der Waals surface area contributed by atoms with Crippen molar-refractivity contribution in [1.82, 2.24) is 0 Å². The number of fused-ring (bicyclic) bond motifs is 10. The average molecular weight is 717 g/mol. The van der Waals surface area contributed by atoms with Gasteiger partial charge in [0.15, 0.2) is 0 Å². The number of rotatable bonds is 4. The molecule has 3 aliphatic rings. The molecule has 0 bridgehead atoms. The van der Waals surface area contributed by atoms with Gasteiger partial charge in [-0.2, -0.15) is 0 Å². The summed E-state index contributed by atoms with van der Waals surface area (Å²) in [7, 11) is 0. The molecule has 8 aromatic carbocycles. The lowest BCUT2D eigenvalue weighted by Gasteiger charge is -2.34. The van der Waals surface area contributed by atoms with Gasteiger partial charge in [-0.1, -0.05) is 152 Å². The third kappa shape index (κ3) is 4.80. The van der Waals surface area contributed by atoms with Crippen molar-refractivity contribution in [1.29, 1.82) is 0 Å². The van der Waals surface area contributed by atoms with E-state index in [4.69, 9.17) is 4.42 Å². The van der Waals surface area contributed by atoms with Gasteiger partial charge >= 0.3 is 0 Å². The van der Waals surface area contributed by atoms with Gasteiger partial charge < -0.3 is 4.42 Å². The molecule has 0 saturated heterocycles. The number of para-hydroxylation sites is 1. The van der Waals surface area contributed by atoms with Gasteiger partial charge in [-0.15, -0.1) is 0 Å². The van der Waals surface area contributed by atoms with Gasteiger partial charge in [0, 0.05) is 10.8 Å². The zero-order chi connectivity index (χ0) is 36.7. The van der Waals surface area contributed by atoms with Gasteiger partial charge in [0.25, 0.3) is 0 Å². The first-order valence-electron chi connectivity index (χ1n) is 20.4. The topological polar surface area (TPSA) is 13.1 Å². The van der Waals surface area contributed by atoms with E-state index in [1.54, 1.807) is 11.1 Å². The zero-order valence-corrected chi connectivity index (χ0v) is 31.3. The van der Waals surface area contributed by atoms with E-state index < -0.39 is 0 Å². The van der Waals surface area contributed by atoms with Crippen molar-refractivity contribution >= 4 is 49.1 Å². The SMILES string of the molecule is C1=CC2=C(CC1)C1CCCC1c1ccc(-c3ccccc3-c3c4ccccc4c(-c4cccc(-c5ccc6oc7ccccc7c6c5)c4)c4ccccc34)cc12. The van der Waals surface area contributed by atoms with Gasteiger partial charge in [0.1, 0.15) is 11.2 Å². The van der Waals surface area contributed by atoms with Gasteiger partial charge in [0.2, 0.25) is 0 Å². The van der Waals surface area contributed by atoms with Gasteiger partial charge in [0.05, 0.1) is 0 Å². The van der Waals surface area contributed by atoms with Crippen molar-refractivity contribution in [3.8, 4) is 44.5 Å². The van der Waals surface area contributed by atoms with Crippen molar-refractivity contribution in [3.63, 3.8) is 0 Å². The second-order valence-corrected chi connectivity index (χ2v) is 16.1. The van der Waals surface area contributed by atoms with Crippen LogP contribution in [0.25, 0.3) is 93.6 Å². The van der Waals surface area contributed by atoms with Crippen LogP contribution in [0.4, 0.5) is 0 Å². The third-order valence-electron chi connectivity index (χ3n) is 13.2. The molecule has 1 heteroatoms. The molecule has 1 fully saturated rings. The fourth-order valence-corrected chi connectivity index (χ4v) is 10.8. The predicted octanol–water partition coefficient (Wildman–Crippen LogP) is 15.6. The second-order valence-electron chi connectivity index (χ2n) is 16.1. The molecule has 1 saturated carbocycles. The maximum Gasteiger partial charge on any atom is 0.135 e. The molecule has 2 atom stereocenters. The van der Waals surface area contributed by atoms with Crippen LogP contribution < -0.4 is 0 Å². The second kappa shape index (κ2) is 12.5. The van der Waals surface area contributed by atoms with E-state index in [0.717, 1.165) is 27.9 Å². The lowest BCUT2D eigenvalue weighted by Crippen LogP contribution is -2.18. The fourth-order valence-electron chi connectivity index (χ4n) is 10.8. The van der Waals surface area contributed by atoms with E-state index in [9.17, 15) is 0 Å². The zero-order valence-electron chi connectivity index (χ0n) is 31.3. The number of allylic oxidation sites excluding steroid dienone is 4. The minimum atomic E-state index is 0.673. The molecule has 0 amide bonds. The molecular formula is C55H40O. The molecule has 0 aliphatic heterocycles. The first-order valence-corrected chi connectivity index (χ1v) is 20.4. The Morgan fingerprint density at radius 2 is 1.07 bits per heavy atom. The first-order chi connectivity index (χ1) is 27.8. The van der Waals surface area contributed by atoms with Crippen LogP contribution in [0.1, 0.15) is 49.1 Å². The molecule has 1 heterocycles. The summed E-state index contributed by atoms with van der Waals surface area (Å²) >= 11 is 0. The highest BCUT2D eigenvalue weighted by Gasteiger charge is 2.38. The van der Waals surface area contributed by atoms with Crippen LogP contribution in [0, 0.1) is 5.92 Å². The highest BCUT2D eigenvalue weighted by Crippen LogP contribution is 2.54. The number of furan rings is 1. The quantitative estimate of drug-likeness (QED) is 0.165. The molecule has 3 aliphatic carbocycles. The van der Waals surface area contributed by atoms with Gasteiger partial charge in [-0.05, 0) is 151 Å². The summed E-state index contributed by atoms with van der Waals surface area (Å²) in [6.07, 6.45) is 11.2. The lowest BCUT2D eigenvalue weighted by molar-refractivity contribution is 0.531. The number of benzene rings is 8. The minimum absolute atomic E-state index is 0.673. The van der Waals surface area contributed by atoms with E-state index >= 15 is 0 Å². The third-order valence-corrected chi connectivity index (χ3v) is 13.2. The van der Waals surface area contributed by atoms with E-state index in [1.165, 1.54) is 109 Å². The van der Waals surface area contributed by atoms with E-state index in [2.05, 4.69) is 158 Å². The Bertz CT molecular complexity index is 3070. The smallest absolute Gasteiger partial charge is 0.135 e. The summed E-state index contributed by atoms with van der Waals surface area (Å²) in [4.78, 5) is 0. The molecule has 12 rings (SSSR count). The molecular weight excluding hydrogens is 677 g/mol. The maximum atomic E-state index is 6.17. The van der Waals surface area contributed by atoms with Crippen LogP contribution in [0.3, 0.4) is 0 Å². The monoisotopic (exact) mass is 716 g/mol. The first kappa shape index (κ1) is 31.9. The molecule has 56 heavy (non-hydrogen) atoms. The standard InChI is InChI=1S/C55H40O/c1-4-19-45(38(15-1)36-27-29-43-41-25-12-24-40(41)39-16-2-3-17-42(39)50(43)33-36)55-48-22-7-5-20-46(48)54(47-21-6-8-23-49(47)55)37-14-11-13-34(31-37)35-28-30-53-51(32-35)44-18-9-10-26-52(44)56-53/h1,3-11,13-15,17-23,26-33,40-41H,2,12,16,24-25H2. The Morgan fingerprint density at radius 1 is 0.429 bits per heavy atom. The molecule has 9 aromatic rings. The fraction of sp³-hybridized carbons (Fsp3) is 0.127. The molecule has 266 valence electrons. The van der Waals surface area contributed by atoms with E-state index in [0.29, 0.717) is 5.92 Å². The Labute approximate surface area is 327 Å². The highest BCUT2D eigenvalue weighted by atomic mass is 16.3. The average Bonchev–Trinajstić information content (AvgIpc) is 3.91. The normalized spacial score (nSPS) is 17.5. The Hall–Kier alpha value is -6.44. The van der Waals surface area contributed by atoms with Crippen LogP contribution >= 0.6 is 0 Å². The molecule has 2 unspecified atom stereocenters.